The fraction of sp³-hybridized carbons (Fsp3) is 0.950. The van der Waals surface area contributed by atoms with Gasteiger partial charge in [-0.2, -0.15) is 0 Å². The van der Waals surface area contributed by atoms with Gasteiger partial charge in [0.2, 0.25) is 0 Å². The number of amides is 1. The molecule has 0 saturated carbocycles. The molecule has 0 rings (SSSR count). The van der Waals surface area contributed by atoms with Gasteiger partial charge in [-0.15, -0.1) is 0 Å². The Bertz CT molecular complexity index is 378. The van der Waals surface area contributed by atoms with E-state index >= 15 is 0 Å². The van der Waals surface area contributed by atoms with Gasteiger partial charge in [-0.3, -0.25) is 0 Å². The minimum Gasteiger partial charge on any atom is -0.444 e. The standard InChI is InChI=1S/C20H41NO9/c1-20(2,3)30-19(23)21-5-4-7-24-9-11-26-13-15-28-17-18-29-16-14-27-12-10-25-8-6-22/h22H,4-18H2,1-3H3,(H,21,23). The number of carbonyl (C=O) groups excluding carboxylic acids is 1. The van der Waals surface area contributed by atoms with E-state index in [0.717, 1.165) is 0 Å². The van der Waals surface area contributed by atoms with Crippen molar-refractivity contribution in [2.45, 2.75) is 32.8 Å². The van der Waals surface area contributed by atoms with Crippen LogP contribution in [0.2, 0.25) is 0 Å². The smallest absolute Gasteiger partial charge is 0.407 e. The van der Waals surface area contributed by atoms with Gasteiger partial charge in [-0.1, -0.05) is 0 Å². The molecule has 0 fully saturated rings. The summed E-state index contributed by atoms with van der Waals surface area (Å²) in [6.07, 6.45) is 0.301. The number of rotatable bonds is 21. The number of carbonyl (C=O) groups is 1. The van der Waals surface area contributed by atoms with Gasteiger partial charge in [0, 0.05) is 13.2 Å². The van der Waals surface area contributed by atoms with Gasteiger partial charge in [-0.05, 0) is 27.2 Å². The third-order valence-electron chi connectivity index (χ3n) is 3.23. The topological polar surface area (TPSA) is 114 Å². The SMILES string of the molecule is CC(C)(C)OC(=O)NCCCOCCOCCOCCOCCOCCOCCO. The minimum atomic E-state index is -0.485. The molecular weight excluding hydrogens is 398 g/mol. The number of hydrogen-bond donors (Lipinski definition) is 2. The molecule has 0 atom stereocenters. The lowest BCUT2D eigenvalue weighted by molar-refractivity contribution is -0.0182. The Hall–Kier alpha value is -1.01. The zero-order valence-corrected chi connectivity index (χ0v) is 18.8. The maximum Gasteiger partial charge on any atom is 0.407 e. The molecular formula is C20H41NO9. The average molecular weight is 440 g/mol. The first-order valence-corrected chi connectivity index (χ1v) is 10.5. The summed E-state index contributed by atoms with van der Waals surface area (Å²) in [5, 5.41) is 11.2. The lowest BCUT2D eigenvalue weighted by Gasteiger charge is -2.19. The van der Waals surface area contributed by atoms with Crippen LogP contribution in [0, 0.1) is 0 Å². The molecule has 0 aromatic heterocycles. The second-order valence-electron chi connectivity index (χ2n) is 7.18. The van der Waals surface area contributed by atoms with Crippen molar-refractivity contribution < 1.29 is 43.1 Å². The second-order valence-corrected chi connectivity index (χ2v) is 7.18. The monoisotopic (exact) mass is 439 g/mol. The van der Waals surface area contributed by atoms with E-state index in [-0.39, 0.29) is 6.61 Å². The number of nitrogens with one attached hydrogen (secondary N) is 1. The van der Waals surface area contributed by atoms with Crippen LogP contribution in [0.5, 0.6) is 0 Å². The minimum absolute atomic E-state index is 0.0264. The summed E-state index contributed by atoms with van der Waals surface area (Å²) >= 11 is 0. The van der Waals surface area contributed by atoms with Crippen molar-refractivity contribution in [3.63, 3.8) is 0 Å². The second kappa shape index (κ2) is 21.2. The third kappa shape index (κ3) is 25.0. The summed E-state index contributed by atoms with van der Waals surface area (Å²) in [6.45, 7) is 11.9. The molecule has 0 aliphatic heterocycles. The van der Waals surface area contributed by atoms with Gasteiger partial charge in [0.1, 0.15) is 5.60 Å². The summed E-state index contributed by atoms with van der Waals surface area (Å²) in [5.74, 6) is 0. The molecule has 0 heterocycles. The van der Waals surface area contributed by atoms with E-state index in [1.165, 1.54) is 0 Å². The molecule has 10 heteroatoms. The molecule has 0 aliphatic rings. The van der Waals surface area contributed by atoms with Crippen LogP contribution >= 0.6 is 0 Å². The van der Waals surface area contributed by atoms with E-state index in [1.54, 1.807) is 0 Å². The number of aliphatic hydroxyl groups excluding tert-OH is 1. The molecule has 0 bridgehead atoms. The highest BCUT2D eigenvalue weighted by molar-refractivity contribution is 5.67. The van der Waals surface area contributed by atoms with Crippen LogP contribution in [0.1, 0.15) is 27.2 Å². The molecule has 0 aliphatic carbocycles. The van der Waals surface area contributed by atoms with Gasteiger partial charge in [0.25, 0.3) is 0 Å². The predicted molar refractivity (Wildman–Crippen MR) is 111 cm³/mol. The Morgan fingerprint density at radius 3 is 1.40 bits per heavy atom. The Labute approximate surface area is 180 Å². The largest absolute Gasteiger partial charge is 0.444 e. The molecule has 0 unspecified atom stereocenters. The summed E-state index contributed by atoms with van der Waals surface area (Å²) in [7, 11) is 0. The van der Waals surface area contributed by atoms with Crippen molar-refractivity contribution in [2.24, 2.45) is 0 Å². The number of ether oxygens (including phenoxy) is 7. The van der Waals surface area contributed by atoms with Crippen LogP contribution in [-0.2, 0) is 33.2 Å². The Balaban J connectivity index is 3.11. The van der Waals surface area contributed by atoms with E-state index in [4.69, 9.17) is 38.3 Å². The summed E-state index contributed by atoms with van der Waals surface area (Å²) in [5.41, 5.74) is -0.485. The van der Waals surface area contributed by atoms with Crippen LogP contribution in [0.15, 0.2) is 0 Å². The highest BCUT2D eigenvalue weighted by atomic mass is 16.6. The summed E-state index contributed by atoms with van der Waals surface area (Å²) in [4.78, 5) is 11.4. The highest BCUT2D eigenvalue weighted by Crippen LogP contribution is 2.06. The molecule has 0 radical (unpaired) electrons. The highest BCUT2D eigenvalue weighted by Gasteiger charge is 2.15. The van der Waals surface area contributed by atoms with Crippen LogP contribution in [0.4, 0.5) is 4.79 Å². The van der Waals surface area contributed by atoms with E-state index < -0.39 is 11.7 Å². The lowest BCUT2D eigenvalue weighted by atomic mass is 10.2. The molecule has 10 nitrogen and oxygen atoms in total. The normalized spacial score (nSPS) is 11.6. The third-order valence-corrected chi connectivity index (χ3v) is 3.23. The average Bonchev–Trinajstić information content (AvgIpc) is 2.68. The Kier molecular flexibility index (Phi) is 20.5. The van der Waals surface area contributed by atoms with E-state index in [9.17, 15) is 4.79 Å². The van der Waals surface area contributed by atoms with Crippen molar-refractivity contribution in [2.75, 3.05) is 92.4 Å². The quantitative estimate of drug-likeness (QED) is 0.253. The number of hydrogen-bond acceptors (Lipinski definition) is 9. The van der Waals surface area contributed by atoms with Crippen molar-refractivity contribution in [1.82, 2.24) is 5.32 Å². The van der Waals surface area contributed by atoms with Gasteiger partial charge >= 0.3 is 6.09 Å². The maximum absolute atomic E-state index is 11.4. The van der Waals surface area contributed by atoms with Crippen LogP contribution < -0.4 is 5.32 Å². The maximum atomic E-state index is 11.4. The molecule has 1 amide bonds. The molecule has 0 saturated heterocycles. The molecule has 0 aromatic rings. The van der Waals surface area contributed by atoms with Crippen molar-refractivity contribution in [1.29, 1.82) is 0 Å². The van der Waals surface area contributed by atoms with Crippen LogP contribution in [-0.4, -0.2) is 109 Å². The Morgan fingerprint density at radius 1 is 0.667 bits per heavy atom. The van der Waals surface area contributed by atoms with Crippen molar-refractivity contribution >= 4 is 6.09 Å². The lowest BCUT2D eigenvalue weighted by Crippen LogP contribution is -2.33. The van der Waals surface area contributed by atoms with Gasteiger partial charge in [0.05, 0.1) is 79.3 Å². The van der Waals surface area contributed by atoms with E-state index in [2.05, 4.69) is 5.32 Å². The van der Waals surface area contributed by atoms with E-state index in [1.807, 2.05) is 20.8 Å². The fourth-order valence-electron chi connectivity index (χ4n) is 1.95. The number of alkyl carbamates (subject to hydrolysis) is 1. The first kappa shape index (κ1) is 29.0. The van der Waals surface area contributed by atoms with Gasteiger partial charge in [0.15, 0.2) is 0 Å². The molecule has 0 spiro atoms. The molecule has 30 heavy (non-hydrogen) atoms. The Morgan fingerprint density at radius 2 is 1.03 bits per heavy atom. The summed E-state index contributed by atoms with van der Waals surface area (Å²) < 4.78 is 37.1. The molecule has 2 N–H and O–H groups in total. The van der Waals surface area contributed by atoms with Gasteiger partial charge < -0.3 is 43.6 Å². The van der Waals surface area contributed by atoms with Crippen molar-refractivity contribution in [3.8, 4) is 0 Å². The van der Waals surface area contributed by atoms with Gasteiger partial charge in [-0.25, -0.2) is 4.79 Å². The van der Waals surface area contributed by atoms with Crippen LogP contribution in [0.3, 0.4) is 0 Å². The first-order valence-electron chi connectivity index (χ1n) is 10.5. The van der Waals surface area contributed by atoms with Crippen molar-refractivity contribution in [3.05, 3.63) is 0 Å². The molecule has 0 aromatic carbocycles. The molecule has 180 valence electrons. The van der Waals surface area contributed by atoms with Crippen LogP contribution in [0.25, 0.3) is 0 Å². The number of aliphatic hydroxyl groups is 1. The fourth-order valence-corrected chi connectivity index (χ4v) is 1.95. The zero-order valence-electron chi connectivity index (χ0n) is 18.8. The summed E-state index contributed by atoms with van der Waals surface area (Å²) in [6, 6.07) is 0. The first-order chi connectivity index (χ1) is 14.5. The zero-order chi connectivity index (χ0) is 22.3. The van der Waals surface area contributed by atoms with E-state index in [0.29, 0.717) is 92.2 Å². The predicted octanol–water partition coefficient (Wildman–Crippen LogP) is 0.993.